The third-order valence-electron chi connectivity index (χ3n) is 4.86. The Labute approximate surface area is 164 Å². The number of benzene rings is 1. The second kappa shape index (κ2) is 6.96. The van der Waals surface area contributed by atoms with E-state index < -0.39 is 42.3 Å². The minimum atomic E-state index is -0.916. The molecule has 0 bridgehead atoms. The maximum Gasteiger partial charge on any atom is 0.256 e. The third kappa shape index (κ3) is 3.62. The van der Waals surface area contributed by atoms with E-state index in [0.717, 1.165) is 0 Å². The zero-order chi connectivity index (χ0) is 20.1. The zero-order valence-electron chi connectivity index (χ0n) is 16.8. The van der Waals surface area contributed by atoms with Crippen molar-refractivity contribution in [2.24, 2.45) is 0 Å². The normalized spacial score (nSPS) is 35.1. The van der Waals surface area contributed by atoms with Gasteiger partial charge in [-0.2, -0.15) is 0 Å². The molecule has 3 fully saturated rings. The number of anilines is 1. The maximum absolute atomic E-state index is 13.1. The fourth-order valence-corrected chi connectivity index (χ4v) is 3.88. The minimum Gasteiger partial charge on any atom is -0.492 e. The first kappa shape index (κ1) is 19.6. The van der Waals surface area contributed by atoms with Gasteiger partial charge in [0, 0.05) is 0 Å². The largest absolute Gasteiger partial charge is 0.492 e. The summed E-state index contributed by atoms with van der Waals surface area (Å²) in [5, 5.41) is 2.88. The number of carbonyl (C=O) groups is 1. The van der Waals surface area contributed by atoms with Gasteiger partial charge in [0.05, 0.1) is 12.3 Å². The van der Waals surface area contributed by atoms with E-state index in [1.807, 2.05) is 19.1 Å². The third-order valence-corrected chi connectivity index (χ3v) is 4.86. The highest BCUT2D eigenvalue weighted by molar-refractivity contribution is 5.96. The van der Waals surface area contributed by atoms with Gasteiger partial charge in [0.1, 0.15) is 24.1 Å². The second-order valence-electron chi connectivity index (χ2n) is 8.01. The van der Waals surface area contributed by atoms with Crippen molar-refractivity contribution in [3.8, 4) is 5.75 Å². The summed E-state index contributed by atoms with van der Waals surface area (Å²) in [5.74, 6) is -1.45. The molecular formula is C20H27NO7. The number of fused-ring (bicyclic) bond motifs is 3. The number of ether oxygens (including phenoxy) is 6. The van der Waals surface area contributed by atoms with Gasteiger partial charge in [-0.25, -0.2) is 0 Å². The molecule has 3 heterocycles. The summed E-state index contributed by atoms with van der Waals surface area (Å²) < 4.78 is 35.4. The molecular weight excluding hydrogens is 366 g/mol. The monoisotopic (exact) mass is 393 g/mol. The molecule has 0 aliphatic carbocycles. The summed E-state index contributed by atoms with van der Waals surface area (Å²) in [6.07, 6.45) is -3.20. The van der Waals surface area contributed by atoms with Crippen LogP contribution in [-0.2, 0) is 28.5 Å². The van der Waals surface area contributed by atoms with Gasteiger partial charge in [-0.3, -0.25) is 4.79 Å². The molecule has 3 aliphatic rings. The summed E-state index contributed by atoms with van der Waals surface area (Å²) in [5.41, 5.74) is 0.568. The van der Waals surface area contributed by atoms with Crippen molar-refractivity contribution in [1.82, 2.24) is 0 Å². The Bertz CT molecular complexity index is 750. The smallest absolute Gasteiger partial charge is 0.256 e. The van der Waals surface area contributed by atoms with Crippen LogP contribution in [0.15, 0.2) is 24.3 Å². The highest BCUT2D eigenvalue weighted by Crippen LogP contribution is 2.44. The summed E-state index contributed by atoms with van der Waals surface area (Å²) in [7, 11) is 0. The highest BCUT2D eigenvalue weighted by Gasteiger charge is 2.62. The molecule has 8 nitrogen and oxygen atoms in total. The Morgan fingerprint density at radius 2 is 1.64 bits per heavy atom. The molecule has 3 aliphatic heterocycles. The van der Waals surface area contributed by atoms with Crippen molar-refractivity contribution in [2.75, 3.05) is 11.9 Å². The molecule has 1 aromatic carbocycles. The summed E-state index contributed by atoms with van der Waals surface area (Å²) >= 11 is 0. The Kier molecular flexibility index (Phi) is 4.87. The number of hydrogen-bond acceptors (Lipinski definition) is 7. The molecule has 4 rings (SSSR count). The lowest BCUT2D eigenvalue weighted by molar-refractivity contribution is -0.229. The lowest BCUT2D eigenvalue weighted by Gasteiger charge is -2.36. The van der Waals surface area contributed by atoms with Gasteiger partial charge in [0.15, 0.2) is 24.0 Å². The molecule has 28 heavy (non-hydrogen) atoms. The predicted molar refractivity (Wildman–Crippen MR) is 98.8 cm³/mol. The van der Waals surface area contributed by atoms with Crippen molar-refractivity contribution < 1.29 is 33.2 Å². The van der Waals surface area contributed by atoms with Gasteiger partial charge in [-0.1, -0.05) is 12.1 Å². The maximum atomic E-state index is 13.1. The van der Waals surface area contributed by atoms with Gasteiger partial charge in [0.2, 0.25) is 0 Å². The van der Waals surface area contributed by atoms with Crippen LogP contribution >= 0.6 is 0 Å². The average molecular weight is 393 g/mol. The first-order valence-electron chi connectivity index (χ1n) is 9.58. The fourth-order valence-electron chi connectivity index (χ4n) is 3.88. The van der Waals surface area contributed by atoms with Crippen molar-refractivity contribution >= 4 is 11.6 Å². The van der Waals surface area contributed by atoms with Crippen LogP contribution in [0.4, 0.5) is 5.69 Å². The second-order valence-corrected chi connectivity index (χ2v) is 8.01. The van der Waals surface area contributed by atoms with Gasteiger partial charge in [0.25, 0.3) is 5.91 Å². The number of nitrogens with one attached hydrogen (secondary N) is 1. The van der Waals surface area contributed by atoms with E-state index in [9.17, 15) is 4.79 Å². The molecule has 1 aromatic rings. The number of hydrogen-bond donors (Lipinski definition) is 1. The first-order chi connectivity index (χ1) is 13.2. The standard InChI is InChI=1S/C20H27NO7/c1-6-23-12-10-8-7-9-11(12)21-17(22)15-13-14(26-19(2,3)25-13)16-18(24-15)28-20(4,5)27-16/h7-10,13-16,18H,6H2,1-5H3,(H,21,22)/t13-,14-,15+,16+,18+/m0/s1. The van der Waals surface area contributed by atoms with Crippen LogP contribution in [-0.4, -0.2) is 54.8 Å². The molecule has 0 radical (unpaired) electrons. The number of rotatable bonds is 4. The topological polar surface area (TPSA) is 84.5 Å². The lowest BCUT2D eigenvalue weighted by Crippen LogP contribution is -2.58. The Balaban J connectivity index is 1.57. The molecule has 5 atom stereocenters. The molecule has 8 heteroatoms. The van der Waals surface area contributed by atoms with Crippen molar-refractivity contribution in [2.45, 2.75) is 76.9 Å². The van der Waals surface area contributed by atoms with Crippen LogP contribution in [0.1, 0.15) is 34.6 Å². The number of para-hydroxylation sites is 2. The van der Waals surface area contributed by atoms with Crippen molar-refractivity contribution in [3.05, 3.63) is 24.3 Å². The van der Waals surface area contributed by atoms with Gasteiger partial charge in [-0.05, 0) is 46.8 Å². The van der Waals surface area contributed by atoms with E-state index in [1.54, 1.807) is 39.8 Å². The molecule has 154 valence electrons. The number of carbonyl (C=O) groups excluding carboxylic acids is 1. The average Bonchev–Trinajstić information content (AvgIpc) is 3.10. The van der Waals surface area contributed by atoms with Crippen molar-refractivity contribution in [3.63, 3.8) is 0 Å². The fraction of sp³-hybridized carbons (Fsp3) is 0.650. The van der Waals surface area contributed by atoms with Crippen LogP contribution in [0.25, 0.3) is 0 Å². The quantitative estimate of drug-likeness (QED) is 0.841. The summed E-state index contributed by atoms with van der Waals surface area (Å²) in [6.45, 7) is 9.60. The van der Waals surface area contributed by atoms with Crippen LogP contribution < -0.4 is 10.1 Å². The summed E-state index contributed by atoms with van der Waals surface area (Å²) in [4.78, 5) is 13.1. The van der Waals surface area contributed by atoms with Crippen LogP contribution in [0.5, 0.6) is 5.75 Å². The van der Waals surface area contributed by atoms with Crippen LogP contribution in [0, 0.1) is 0 Å². The predicted octanol–water partition coefficient (Wildman–Crippen LogP) is 2.42. The molecule has 0 unspecified atom stereocenters. The van der Waals surface area contributed by atoms with E-state index in [0.29, 0.717) is 18.0 Å². The SMILES string of the molecule is CCOc1ccccc1NC(=O)[C@@H]1O[C@@H]2OC(C)(C)O[C@@H]2[C@H]2OC(C)(C)O[C@@H]21. The van der Waals surface area contributed by atoms with Crippen LogP contribution in [0.2, 0.25) is 0 Å². The van der Waals surface area contributed by atoms with Gasteiger partial charge in [-0.15, -0.1) is 0 Å². The van der Waals surface area contributed by atoms with Gasteiger partial charge < -0.3 is 33.7 Å². The zero-order valence-corrected chi connectivity index (χ0v) is 16.8. The van der Waals surface area contributed by atoms with E-state index in [-0.39, 0.29) is 5.91 Å². The minimum absolute atomic E-state index is 0.352. The van der Waals surface area contributed by atoms with Crippen LogP contribution in [0.3, 0.4) is 0 Å². The first-order valence-corrected chi connectivity index (χ1v) is 9.58. The molecule has 0 spiro atoms. The summed E-state index contributed by atoms with van der Waals surface area (Å²) in [6, 6.07) is 7.25. The molecule has 1 N–H and O–H groups in total. The Morgan fingerprint density at radius 3 is 2.39 bits per heavy atom. The molecule has 0 saturated carbocycles. The molecule has 3 saturated heterocycles. The Hall–Kier alpha value is -1.71. The Morgan fingerprint density at radius 1 is 1.00 bits per heavy atom. The molecule has 0 aromatic heterocycles. The lowest BCUT2D eigenvalue weighted by atomic mass is 9.98. The van der Waals surface area contributed by atoms with E-state index in [1.165, 1.54) is 0 Å². The van der Waals surface area contributed by atoms with E-state index in [4.69, 9.17) is 28.4 Å². The number of amides is 1. The highest BCUT2D eigenvalue weighted by atomic mass is 16.9. The van der Waals surface area contributed by atoms with E-state index >= 15 is 0 Å². The van der Waals surface area contributed by atoms with Crippen molar-refractivity contribution in [1.29, 1.82) is 0 Å². The van der Waals surface area contributed by atoms with Gasteiger partial charge >= 0.3 is 0 Å². The van der Waals surface area contributed by atoms with E-state index in [2.05, 4.69) is 5.32 Å². The molecule has 1 amide bonds.